The third-order valence-corrected chi connectivity index (χ3v) is 6.16. The fourth-order valence-corrected chi connectivity index (χ4v) is 4.41. The van der Waals surface area contributed by atoms with Gasteiger partial charge in [-0.3, -0.25) is 0 Å². The molecule has 1 aliphatic heterocycles. The van der Waals surface area contributed by atoms with Crippen LogP contribution in [-0.2, 0) is 30.0 Å². The molecule has 3 aromatic rings. The zero-order valence-electron chi connectivity index (χ0n) is 14.5. The van der Waals surface area contributed by atoms with E-state index in [1.807, 2.05) is 24.3 Å². The maximum Gasteiger partial charge on any atom is 0.262 e. The van der Waals surface area contributed by atoms with Crippen LogP contribution >= 0.6 is 0 Å². The highest BCUT2D eigenvalue weighted by molar-refractivity contribution is 7.89. The summed E-state index contributed by atoms with van der Waals surface area (Å²) < 4.78 is 33.9. The third-order valence-electron chi connectivity index (χ3n) is 4.43. The summed E-state index contributed by atoms with van der Waals surface area (Å²) in [6.45, 7) is 0.638. The second-order valence-corrected chi connectivity index (χ2v) is 8.09. The van der Waals surface area contributed by atoms with E-state index in [1.54, 1.807) is 18.7 Å². The molecule has 0 saturated heterocycles. The van der Waals surface area contributed by atoms with Crippen molar-refractivity contribution in [3.63, 3.8) is 0 Å². The molecule has 3 heterocycles. The minimum Gasteiger partial charge on any atom is -0.497 e. The zero-order valence-corrected chi connectivity index (χ0v) is 15.3. The molecule has 8 nitrogen and oxygen atoms in total. The molecule has 0 amide bonds. The van der Waals surface area contributed by atoms with E-state index in [-0.39, 0.29) is 11.6 Å². The number of aromatic nitrogens is 4. The van der Waals surface area contributed by atoms with Gasteiger partial charge in [-0.25, -0.2) is 18.4 Å². The lowest BCUT2D eigenvalue weighted by Crippen LogP contribution is -2.36. The molecule has 2 aromatic heterocycles. The molecule has 0 saturated carbocycles. The van der Waals surface area contributed by atoms with E-state index < -0.39 is 10.0 Å². The summed E-state index contributed by atoms with van der Waals surface area (Å²) in [7, 11) is -0.253. The molecule has 9 heteroatoms. The van der Waals surface area contributed by atoms with E-state index in [1.165, 1.54) is 16.8 Å². The number of rotatable bonds is 4. The van der Waals surface area contributed by atoms with Gasteiger partial charge < -0.3 is 14.3 Å². The van der Waals surface area contributed by atoms with Crippen molar-refractivity contribution in [2.45, 2.75) is 18.0 Å². The van der Waals surface area contributed by atoms with E-state index in [9.17, 15) is 8.42 Å². The van der Waals surface area contributed by atoms with Gasteiger partial charge in [0.05, 0.1) is 31.4 Å². The number of sulfonamides is 1. The molecule has 0 fully saturated rings. The molecule has 1 aromatic carbocycles. The fourth-order valence-electron chi connectivity index (χ4n) is 3.04. The predicted octanol–water partition coefficient (Wildman–Crippen LogP) is 1.57. The van der Waals surface area contributed by atoms with Crippen molar-refractivity contribution < 1.29 is 13.2 Å². The normalized spacial score (nSPS) is 15.0. The number of fused-ring (bicyclic) bond motifs is 1. The second-order valence-electron chi connectivity index (χ2n) is 6.21. The number of hydrogen-bond donors (Lipinski definition) is 1. The van der Waals surface area contributed by atoms with Crippen molar-refractivity contribution in [3.8, 4) is 17.1 Å². The fraction of sp³-hybridized carbons (Fsp3) is 0.294. The highest BCUT2D eigenvalue weighted by atomic mass is 32.2. The van der Waals surface area contributed by atoms with Crippen LogP contribution in [0.1, 0.15) is 11.4 Å². The highest BCUT2D eigenvalue weighted by Crippen LogP contribution is 2.27. The smallest absolute Gasteiger partial charge is 0.262 e. The number of imidazole rings is 2. The lowest BCUT2D eigenvalue weighted by molar-refractivity contribution is 0.384. The van der Waals surface area contributed by atoms with E-state index in [2.05, 4.69) is 15.0 Å². The number of nitrogens with one attached hydrogen (secondary N) is 1. The average Bonchev–Trinajstić information content (AvgIpc) is 3.27. The maximum absolute atomic E-state index is 12.8. The van der Waals surface area contributed by atoms with E-state index in [0.717, 1.165) is 22.7 Å². The molecule has 0 unspecified atom stereocenters. The van der Waals surface area contributed by atoms with Gasteiger partial charge in [0, 0.05) is 31.8 Å². The number of nitrogens with zero attached hydrogens (tertiary/aromatic N) is 4. The molecule has 0 bridgehead atoms. The van der Waals surface area contributed by atoms with Crippen LogP contribution in [0.2, 0.25) is 0 Å². The Labute approximate surface area is 151 Å². The Hall–Kier alpha value is -2.65. The Kier molecular flexibility index (Phi) is 4.04. The Balaban J connectivity index is 1.62. The standard InChI is InChI=1S/C17H19N5O3S/c1-21-10-16(18-11-21)26(23,24)22-7-6-14-15(9-22)20-17(19-14)12-4-3-5-13(8-12)25-2/h3-5,8,10-11H,6-7,9H2,1-2H3,(H,19,20). The first kappa shape index (κ1) is 16.8. The summed E-state index contributed by atoms with van der Waals surface area (Å²) in [5, 5.41) is 0.0657. The number of aryl methyl sites for hydroxylation is 1. The Morgan fingerprint density at radius 3 is 2.88 bits per heavy atom. The molecule has 0 radical (unpaired) electrons. The predicted molar refractivity (Wildman–Crippen MR) is 95.1 cm³/mol. The van der Waals surface area contributed by atoms with E-state index >= 15 is 0 Å². The monoisotopic (exact) mass is 373 g/mol. The minimum absolute atomic E-state index is 0.0657. The average molecular weight is 373 g/mol. The first-order valence-corrected chi connectivity index (χ1v) is 9.61. The molecule has 4 rings (SSSR count). The van der Waals surface area contributed by atoms with Crippen molar-refractivity contribution in [2.75, 3.05) is 13.7 Å². The number of benzene rings is 1. The van der Waals surface area contributed by atoms with Crippen LogP contribution in [0.15, 0.2) is 41.8 Å². The quantitative estimate of drug-likeness (QED) is 0.749. The second kappa shape index (κ2) is 6.26. The lowest BCUT2D eigenvalue weighted by atomic mass is 10.2. The van der Waals surface area contributed by atoms with Crippen LogP contribution in [0.5, 0.6) is 5.75 Å². The summed E-state index contributed by atoms with van der Waals surface area (Å²) >= 11 is 0. The molecule has 26 heavy (non-hydrogen) atoms. The van der Waals surface area contributed by atoms with Crippen LogP contribution in [0.4, 0.5) is 0 Å². The molecule has 1 N–H and O–H groups in total. The van der Waals surface area contributed by atoms with Gasteiger partial charge in [-0.15, -0.1) is 0 Å². The maximum atomic E-state index is 12.8. The summed E-state index contributed by atoms with van der Waals surface area (Å²) in [5.74, 6) is 1.46. The van der Waals surface area contributed by atoms with Crippen molar-refractivity contribution in [1.82, 2.24) is 23.8 Å². The van der Waals surface area contributed by atoms with Gasteiger partial charge in [0.2, 0.25) is 0 Å². The Morgan fingerprint density at radius 1 is 1.31 bits per heavy atom. The topological polar surface area (TPSA) is 93.1 Å². The molecular weight excluding hydrogens is 354 g/mol. The van der Waals surface area contributed by atoms with Gasteiger partial charge in [0.25, 0.3) is 10.0 Å². The van der Waals surface area contributed by atoms with Crippen molar-refractivity contribution in [2.24, 2.45) is 7.05 Å². The summed E-state index contributed by atoms with van der Waals surface area (Å²) in [6.07, 6.45) is 3.56. The number of H-pyrrole nitrogens is 1. The van der Waals surface area contributed by atoms with Gasteiger partial charge in [-0.05, 0) is 12.1 Å². The van der Waals surface area contributed by atoms with Crippen LogP contribution in [0.25, 0.3) is 11.4 Å². The van der Waals surface area contributed by atoms with Crippen LogP contribution in [-0.4, -0.2) is 45.9 Å². The number of hydrogen-bond acceptors (Lipinski definition) is 5. The van der Waals surface area contributed by atoms with Crippen LogP contribution in [0.3, 0.4) is 0 Å². The van der Waals surface area contributed by atoms with E-state index in [4.69, 9.17) is 4.74 Å². The van der Waals surface area contributed by atoms with Crippen LogP contribution in [0, 0.1) is 0 Å². The molecule has 0 spiro atoms. The van der Waals surface area contributed by atoms with Gasteiger partial charge in [0.15, 0.2) is 5.03 Å². The van der Waals surface area contributed by atoms with Gasteiger partial charge in [-0.1, -0.05) is 12.1 Å². The third kappa shape index (κ3) is 2.89. The zero-order chi connectivity index (χ0) is 18.3. The van der Waals surface area contributed by atoms with Gasteiger partial charge in [-0.2, -0.15) is 4.31 Å². The first-order valence-electron chi connectivity index (χ1n) is 8.17. The molecule has 0 atom stereocenters. The van der Waals surface area contributed by atoms with Crippen molar-refractivity contribution >= 4 is 10.0 Å². The molecular formula is C17H19N5O3S. The van der Waals surface area contributed by atoms with Crippen LogP contribution < -0.4 is 4.74 Å². The summed E-state index contributed by atoms with van der Waals surface area (Å²) in [4.78, 5) is 11.9. The molecule has 136 valence electrons. The van der Waals surface area contributed by atoms with Gasteiger partial charge in [0.1, 0.15) is 11.6 Å². The van der Waals surface area contributed by atoms with Crippen molar-refractivity contribution in [3.05, 3.63) is 48.2 Å². The number of methoxy groups -OCH3 is 1. The number of ether oxygens (including phenoxy) is 1. The first-order chi connectivity index (χ1) is 12.5. The Bertz CT molecular complexity index is 1050. The SMILES string of the molecule is COc1cccc(-c2nc3c([nH]2)CN(S(=O)(=O)c2cn(C)cn2)CC3)c1. The lowest BCUT2D eigenvalue weighted by Gasteiger charge is -2.24. The molecule has 0 aliphatic carbocycles. The molecule has 1 aliphatic rings. The largest absolute Gasteiger partial charge is 0.497 e. The van der Waals surface area contributed by atoms with Gasteiger partial charge >= 0.3 is 0 Å². The Morgan fingerprint density at radius 2 is 2.15 bits per heavy atom. The minimum atomic E-state index is -3.62. The number of aromatic amines is 1. The van der Waals surface area contributed by atoms with Crippen molar-refractivity contribution in [1.29, 1.82) is 0 Å². The summed E-state index contributed by atoms with van der Waals surface area (Å²) in [6, 6.07) is 7.60. The van der Waals surface area contributed by atoms with E-state index in [0.29, 0.717) is 18.8 Å². The highest BCUT2D eigenvalue weighted by Gasteiger charge is 2.31. The summed E-state index contributed by atoms with van der Waals surface area (Å²) in [5.41, 5.74) is 2.61.